The molecule has 4 aromatic rings. The second-order valence-electron chi connectivity index (χ2n) is 10.6. The van der Waals surface area contributed by atoms with Crippen LogP contribution >= 0.6 is 23.5 Å². The minimum atomic E-state index is -0.477. The fourth-order valence-electron chi connectivity index (χ4n) is 4.43. The van der Waals surface area contributed by atoms with Gasteiger partial charge in [-0.2, -0.15) is 0 Å². The molecule has 7 nitrogen and oxygen atoms in total. The Kier molecular flexibility index (Phi) is 15.3. The van der Waals surface area contributed by atoms with E-state index in [0.717, 1.165) is 68.0 Å². The topological polar surface area (TPSA) is 88.1 Å². The molecule has 0 spiro atoms. The number of ether oxygens (including phenoxy) is 4. The van der Waals surface area contributed by atoms with Crippen LogP contribution < -0.4 is 4.74 Å². The quantitative estimate of drug-likeness (QED) is 0.0268. The molecule has 0 bridgehead atoms. The van der Waals surface area contributed by atoms with Crippen molar-refractivity contribution in [2.75, 3.05) is 31.8 Å². The van der Waals surface area contributed by atoms with Gasteiger partial charge in [-0.15, -0.1) is 23.5 Å². The number of methoxy groups -OCH3 is 1. The van der Waals surface area contributed by atoms with E-state index in [1.807, 2.05) is 78.9 Å². The molecule has 0 amide bonds. The van der Waals surface area contributed by atoms with Gasteiger partial charge < -0.3 is 18.9 Å². The molecule has 0 aromatic heterocycles. The summed E-state index contributed by atoms with van der Waals surface area (Å²) in [7, 11) is 1.35. The Morgan fingerprint density at radius 2 is 1.18 bits per heavy atom. The molecule has 0 heterocycles. The van der Waals surface area contributed by atoms with E-state index in [2.05, 4.69) is 25.0 Å². The van der Waals surface area contributed by atoms with E-state index in [-0.39, 0.29) is 6.61 Å². The SMILES string of the molecule is C=CC(=O)OCCCSc1ccc(C#Cc2ccc(COc3ccc(-c4ccc(SCCCOC(=O)C=C)cc4)cc3C(=O)OC)cc2)cc1. The Balaban J connectivity index is 1.29. The molecular formula is C41H38O7S2. The fraction of sp³-hybridized carbons (Fsp3) is 0.195. The lowest BCUT2D eigenvalue weighted by atomic mass is 10.0. The highest BCUT2D eigenvalue weighted by Crippen LogP contribution is 2.30. The van der Waals surface area contributed by atoms with Crippen LogP contribution in [0.5, 0.6) is 5.75 Å². The molecule has 0 aliphatic carbocycles. The molecule has 9 heteroatoms. The molecule has 0 fully saturated rings. The lowest BCUT2D eigenvalue weighted by Crippen LogP contribution is -2.06. The first-order valence-corrected chi connectivity index (χ1v) is 17.9. The summed E-state index contributed by atoms with van der Waals surface area (Å²) in [4.78, 5) is 37.2. The van der Waals surface area contributed by atoms with Crippen molar-refractivity contribution >= 4 is 41.4 Å². The Morgan fingerprint density at radius 3 is 1.70 bits per heavy atom. The van der Waals surface area contributed by atoms with Crippen LogP contribution in [-0.4, -0.2) is 49.7 Å². The summed E-state index contributed by atoms with van der Waals surface area (Å²) >= 11 is 3.38. The van der Waals surface area contributed by atoms with Crippen LogP contribution in [0.2, 0.25) is 0 Å². The summed E-state index contributed by atoms with van der Waals surface area (Å²) in [5.74, 6) is 7.21. The number of carbonyl (C=O) groups excluding carboxylic acids is 3. The summed E-state index contributed by atoms with van der Waals surface area (Å²) in [6, 6.07) is 29.4. The van der Waals surface area contributed by atoms with Crippen molar-refractivity contribution in [2.24, 2.45) is 0 Å². The third kappa shape index (κ3) is 12.4. The van der Waals surface area contributed by atoms with Gasteiger partial charge in [0.25, 0.3) is 0 Å². The second kappa shape index (κ2) is 20.4. The average Bonchev–Trinajstić information content (AvgIpc) is 3.16. The Morgan fingerprint density at radius 1 is 0.680 bits per heavy atom. The third-order valence-electron chi connectivity index (χ3n) is 7.06. The van der Waals surface area contributed by atoms with Gasteiger partial charge in [0.15, 0.2) is 0 Å². The van der Waals surface area contributed by atoms with E-state index in [1.54, 1.807) is 35.7 Å². The van der Waals surface area contributed by atoms with Crippen LogP contribution in [0.3, 0.4) is 0 Å². The van der Waals surface area contributed by atoms with Gasteiger partial charge >= 0.3 is 17.9 Å². The lowest BCUT2D eigenvalue weighted by Gasteiger charge is -2.13. The number of hydrogen-bond donors (Lipinski definition) is 0. The van der Waals surface area contributed by atoms with Crippen LogP contribution in [0.25, 0.3) is 11.1 Å². The van der Waals surface area contributed by atoms with E-state index in [9.17, 15) is 14.4 Å². The first-order chi connectivity index (χ1) is 24.4. The highest BCUT2D eigenvalue weighted by molar-refractivity contribution is 7.99. The molecule has 0 saturated carbocycles. The van der Waals surface area contributed by atoms with Gasteiger partial charge in [-0.3, -0.25) is 0 Å². The molecule has 0 N–H and O–H groups in total. The van der Waals surface area contributed by atoms with Gasteiger partial charge in [-0.05, 0) is 90.2 Å². The summed E-state index contributed by atoms with van der Waals surface area (Å²) in [6.45, 7) is 7.79. The Labute approximate surface area is 302 Å². The third-order valence-corrected chi connectivity index (χ3v) is 9.26. The number of rotatable bonds is 17. The van der Waals surface area contributed by atoms with Crippen LogP contribution in [-0.2, 0) is 30.4 Å². The molecule has 0 aliphatic rings. The predicted molar refractivity (Wildman–Crippen MR) is 199 cm³/mol. The van der Waals surface area contributed by atoms with E-state index < -0.39 is 17.9 Å². The van der Waals surface area contributed by atoms with Crippen LogP contribution in [0, 0.1) is 11.8 Å². The maximum absolute atomic E-state index is 12.7. The summed E-state index contributed by atoms with van der Waals surface area (Å²) in [5.41, 5.74) is 4.89. The zero-order valence-electron chi connectivity index (χ0n) is 27.9. The maximum atomic E-state index is 12.7. The van der Waals surface area contributed by atoms with Gasteiger partial charge in [-0.25, -0.2) is 14.4 Å². The fourth-order valence-corrected chi connectivity index (χ4v) is 6.09. The average molecular weight is 707 g/mol. The van der Waals surface area contributed by atoms with Crippen molar-refractivity contribution < 1.29 is 33.3 Å². The monoisotopic (exact) mass is 706 g/mol. The lowest BCUT2D eigenvalue weighted by molar-refractivity contribution is -0.138. The largest absolute Gasteiger partial charge is 0.488 e. The van der Waals surface area contributed by atoms with Gasteiger partial charge in [-0.1, -0.05) is 55.3 Å². The standard InChI is InChI=1S/C41H38O7S2/c1-4-39(42)46-24-6-26-49-35-19-14-31(15-20-35)9-8-30-10-12-32(13-11-30)29-48-38-23-18-34(28-37(38)41(44)45-3)33-16-21-36(22-17-33)50-27-7-25-47-40(43)5-2/h4-5,10-23,28H,1-2,6-7,24-27,29H2,3H3. The van der Waals surface area contributed by atoms with Crippen molar-refractivity contribution in [1.82, 2.24) is 0 Å². The zero-order valence-corrected chi connectivity index (χ0v) is 29.5. The summed E-state index contributed by atoms with van der Waals surface area (Å²) in [5, 5.41) is 0. The second-order valence-corrected chi connectivity index (χ2v) is 13.0. The summed E-state index contributed by atoms with van der Waals surface area (Å²) < 4.78 is 21.1. The number of thioether (sulfide) groups is 2. The molecule has 0 aliphatic heterocycles. The van der Waals surface area contributed by atoms with Gasteiger partial charge in [0.1, 0.15) is 17.9 Å². The molecule has 4 aromatic carbocycles. The normalized spacial score (nSPS) is 10.3. The molecule has 0 radical (unpaired) electrons. The smallest absolute Gasteiger partial charge is 0.341 e. The predicted octanol–water partition coefficient (Wildman–Crippen LogP) is 8.54. The Bertz CT molecular complexity index is 1820. The van der Waals surface area contributed by atoms with Crippen molar-refractivity contribution in [3.8, 4) is 28.7 Å². The van der Waals surface area contributed by atoms with E-state index >= 15 is 0 Å². The molecule has 0 saturated heterocycles. The molecule has 4 rings (SSSR count). The van der Waals surface area contributed by atoms with Gasteiger partial charge in [0, 0.05) is 44.6 Å². The minimum absolute atomic E-state index is 0.269. The molecule has 256 valence electrons. The van der Waals surface area contributed by atoms with Crippen LogP contribution in [0.15, 0.2) is 126 Å². The minimum Gasteiger partial charge on any atom is -0.488 e. The molecule has 50 heavy (non-hydrogen) atoms. The number of carbonyl (C=O) groups is 3. The highest BCUT2D eigenvalue weighted by atomic mass is 32.2. The van der Waals surface area contributed by atoms with Crippen molar-refractivity contribution in [2.45, 2.75) is 29.2 Å². The van der Waals surface area contributed by atoms with Crippen LogP contribution in [0.4, 0.5) is 0 Å². The zero-order chi connectivity index (χ0) is 35.6. The molecular weight excluding hydrogens is 669 g/mol. The van der Waals surface area contributed by atoms with Crippen LogP contribution in [0.1, 0.15) is 39.9 Å². The first-order valence-electron chi connectivity index (χ1n) is 15.9. The first kappa shape index (κ1) is 37.6. The van der Waals surface area contributed by atoms with E-state index in [1.165, 1.54) is 13.2 Å². The number of benzene rings is 4. The van der Waals surface area contributed by atoms with Crippen molar-refractivity contribution in [1.29, 1.82) is 0 Å². The number of esters is 3. The molecule has 0 atom stereocenters. The Hall–Kier alpha value is -5.17. The van der Waals surface area contributed by atoms with E-state index in [4.69, 9.17) is 18.9 Å². The van der Waals surface area contributed by atoms with Crippen molar-refractivity contribution in [3.05, 3.63) is 139 Å². The molecule has 0 unspecified atom stereocenters. The summed E-state index contributed by atoms with van der Waals surface area (Å²) in [6.07, 6.45) is 3.84. The van der Waals surface area contributed by atoms with Gasteiger partial charge in [0.05, 0.1) is 20.3 Å². The van der Waals surface area contributed by atoms with E-state index in [0.29, 0.717) is 24.5 Å². The highest BCUT2D eigenvalue weighted by Gasteiger charge is 2.15. The maximum Gasteiger partial charge on any atom is 0.341 e. The number of hydrogen-bond acceptors (Lipinski definition) is 9. The van der Waals surface area contributed by atoms with Crippen molar-refractivity contribution in [3.63, 3.8) is 0 Å². The van der Waals surface area contributed by atoms with Gasteiger partial charge in [0.2, 0.25) is 0 Å².